The number of anilines is 1. The van der Waals surface area contributed by atoms with E-state index >= 15 is 0 Å². The Morgan fingerprint density at radius 2 is 1.82 bits per heavy atom. The zero-order valence-corrected chi connectivity index (χ0v) is 17.2. The van der Waals surface area contributed by atoms with Gasteiger partial charge in [0.15, 0.2) is 0 Å². The minimum atomic E-state index is -2.55. The van der Waals surface area contributed by atoms with Crippen LogP contribution in [0.3, 0.4) is 0 Å². The van der Waals surface area contributed by atoms with Gasteiger partial charge in [-0.15, -0.1) is 0 Å². The number of ether oxygens (including phenoxy) is 1. The molecule has 0 saturated heterocycles. The van der Waals surface area contributed by atoms with Crippen LogP contribution in [0.1, 0.15) is 69.6 Å². The Kier molecular flexibility index (Phi) is 5.98. The summed E-state index contributed by atoms with van der Waals surface area (Å²) in [5, 5.41) is 7.80. The summed E-state index contributed by atoms with van der Waals surface area (Å²) in [6.07, 6.45) is 0.466. The molecular weight excluding hydrogens is 364 g/mol. The fourth-order valence-corrected chi connectivity index (χ4v) is 3.53. The van der Waals surface area contributed by atoms with Gasteiger partial charge >= 0.3 is 0 Å². The summed E-state index contributed by atoms with van der Waals surface area (Å²) >= 11 is 0. The summed E-state index contributed by atoms with van der Waals surface area (Å²) in [5.41, 5.74) is 2.53. The van der Waals surface area contributed by atoms with Crippen molar-refractivity contribution in [2.45, 2.75) is 84.5 Å². The molecule has 0 aromatic carbocycles. The summed E-state index contributed by atoms with van der Waals surface area (Å²) in [6, 6.07) is 3.77. The highest BCUT2D eigenvalue weighted by molar-refractivity contribution is 5.41. The SMILES string of the molecule is Cc1cc(C)n(-c2nc(NC3CCC(F)(F)CC3)cc(C(C)OC(C)C)n2)n1. The van der Waals surface area contributed by atoms with Crippen molar-refractivity contribution < 1.29 is 13.5 Å². The van der Waals surface area contributed by atoms with Crippen LogP contribution in [0.5, 0.6) is 0 Å². The molecule has 2 heterocycles. The van der Waals surface area contributed by atoms with E-state index in [0.29, 0.717) is 24.6 Å². The van der Waals surface area contributed by atoms with E-state index in [-0.39, 0.29) is 31.1 Å². The van der Waals surface area contributed by atoms with E-state index < -0.39 is 5.92 Å². The number of aromatic nitrogens is 4. The molecule has 6 nitrogen and oxygen atoms in total. The average molecular weight is 393 g/mol. The van der Waals surface area contributed by atoms with Crippen LogP contribution in [-0.2, 0) is 4.74 Å². The molecule has 3 rings (SSSR count). The Balaban J connectivity index is 1.90. The summed E-state index contributed by atoms with van der Waals surface area (Å²) in [6.45, 7) is 9.75. The van der Waals surface area contributed by atoms with Crippen LogP contribution >= 0.6 is 0 Å². The molecule has 0 amide bonds. The molecule has 1 N–H and O–H groups in total. The number of nitrogens with one attached hydrogen (secondary N) is 1. The standard InChI is InChI=1S/C20H29F2N5O/c1-12(2)28-15(5)17-11-18(23-16-6-8-20(21,22)9-7-16)25-19(24-17)27-14(4)10-13(3)26-27/h10-12,15-16H,6-9H2,1-5H3,(H,23,24,25). The number of rotatable bonds is 6. The first-order valence-electron chi connectivity index (χ1n) is 9.85. The predicted molar refractivity (Wildman–Crippen MR) is 104 cm³/mol. The smallest absolute Gasteiger partial charge is 0.253 e. The molecule has 2 aromatic rings. The summed E-state index contributed by atoms with van der Waals surface area (Å²) in [4.78, 5) is 9.26. The molecule has 1 unspecified atom stereocenters. The topological polar surface area (TPSA) is 64.9 Å². The fourth-order valence-electron chi connectivity index (χ4n) is 3.53. The molecule has 1 aliphatic rings. The second-order valence-electron chi connectivity index (χ2n) is 7.92. The molecule has 1 fully saturated rings. The lowest BCUT2D eigenvalue weighted by Gasteiger charge is -2.29. The molecule has 0 radical (unpaired) electrons. The monoisotopic (exact) mass is 393 g/mol. The van der Waals surface area contributed by atoms with Gasteiger partial charge in [0.1, 0.15) is 5.82 Å². The van der Waals surface area contributed by atoms with E-state index in [1.165, 1.54) is 0 Å². The third kappa shape index (κ3) is 5.04. The second-order valence-corrected chi connectivity index (χ2v) is 7.92. The van der Waals surface area contributed by atoms with E-state index in [4.69, 9.17) is 4.74 Å². The van der Waals surface area contributed by atoms with Crippen LogP contribution in [-0.4, -0.2) is 37.8 Å². The van der Waals surface area contributed by atoms with E-state index in [2.05, 4.69) is 20.4 Å². The lowest BCUT2D eigenvalue weighted by Crippen LogP contribution is -2.32. The molecule has 0 aliphatic heterocycles. The van der Waals surface area contributed by atoms with Gasteiger partial charge in [-0.05, 0) is 53.5 Å². The second kappa shape index (κ2) is 8.11. The van der Waals surface area contributed by atoms with Crippen molar-refractivity contribution in [1.82, 2.24) is 19.7 Å². The molecule has 2 aromatic heterocycles. The first-order valence-corrected chi connectivity index (χ1v) is 9.85. The first kappa shape index (κ1) is 20.6. The number of hydrogen-bond acceptors (Lipinski definition) is 5. The zero-order valence-electron chi connectivity index (χ0n) is 17.2. The lowest BCUT2D eigenvalue weighted by atomic mass is 9.92. The van der Waals surface area contributed by atoms with Crippen molar-refractivity contribution >= 4 is 5.82 Å². The third-order valence-corrected chi connectivity index (χ3v) is 4.90. The van der Waals surface area contributed by atoms with Gasteiger partial charge in [0.05, 0.1) is 23.6 Å². The van der Waals surface area contributed by atoms with Crippen LogP contribution in [0.4, 0.5) is 14.6 Å². The van der Waals surface area contributed by atoms with E-state index in [9.17, 15) is 8.78 Å². The van der Waals surface area contributed by atoms with Gasteiger partial charge in [0.2, 0.25) is 5.92 Å². The highest BCUT2D eigenvalue weighted by atomic mass is 19.3. The third-order valence-electron chi connectivity index (χ3n) is 4.90. The Hall–Kier alpha value is -2.09. The van der Waals surface area contributed by atoms with Gasteiger partial charge in [-0.25, -0.2) is 18.4 Å². The lowest BCUT2D eigenvalue weighted by molar-refractivity contribution is -0.0361. The zero-order chi connectivity index (χ0) is 20.5. The molecular formula is C20H29F2N5O. The number of nitrogens with zero attached hydrogens (tertiary/aromatic N) is 4. The van der Waals surface area contributed by atoms with Crippen molar-refractivity contribution in [2.75, 3.05) is 5.32 Å². The average Bonchev–Trinajstić information content (AvgIpc) is 2.94. The number of aryl methyl sites for hydroxylation is 2. The largest absolute Gasteiger partial charge is 0.370 e. The normalized spacial score (nSPS) is 18.4. The molecule has 1 saturated carbocycles. The molecule has 1 aliphatic carbocycles. The molecule has 0 spiro atoms. The molecule has 1 atom stereocenters. The van der Waals surface area contributed by atoms with E-state index in [1.54, 1.807) is 4.68 Å². The van der Waals surface area contributed by atoms with Gasteiger partial charge in [-0.3, -0.25) is 0 Å². The van der Waals surface area contributed by atoms with Crippen LogP contribution in [0.2, 0.25) is 0 Å². The molecule has 8 heteroatoms. The Labute approximate surface area is 164 Å². The molecule has 154 valence electrons. The van der Waals surface area contributed by atoms with Crippen molar-refractivity contribution in [3.8, 4) is 5.95 Å². The van der Waals surface area contributed by atoms with Crippen LogP contribution in [0.25, 0.3) is 5.95 Å². The Bertz CT molecular complexity index is 811. The van der Waals surface area contributed by atoms with E-state index in [0.717, 1.165) is 17.1 Å². The van der Waals surface area contributed by atoms with Crippen molar-refractivity contribution in [1.29, 1.82) is 0 Å². The van der Waals surface area contributed by atoms with Gasteiger partial charge in [0.25, 0.3) is 5.95 Å². The summed E-state index contributed by atoms with van der Waals surface area (Å²) in [7, 11) is 0. The maximum absolute atomic E-state index is 13.5. The minimum Gasteiger partial charge on any atom is -0.370 e. The maximum Gasteiger partial charge on any atom is 0.253 e. The van der Waals surface area contributed by atoms with Gasteiger partial charge < -0.3 is 10.1 Å². The Morgan fingerprint density at radius 3 is 2.39 bits per heavy atom. The van der Waals surface area contributed by atoms with Gasteiger partial charge in [-0.2, -0.15) is 10.1 Å². The van der Waals surface area contributed by atoms with Crippen LogP contribution in [0, 0.1) is 13.8 Å². The van der Waals surface area contributed by atoms with Gasteiger partial charge in [-0.1, -0.05) is 0 Å². The molecule has 28 heavy (non-hydrogen) atoms. The first-order chi connectivity index (χ1) is 13.1. The summed E-state index contributed by atoms with van der Waals surface area (Å²) < 4.78 is 34.5. The molecule has 0 bridgehead atoms. The highest BCUT2D eigenvalue weighted by Crippen LogP contribution is 2.34. The van der Waals surface area contributed by atoms with Crippen molar-refractivity contribution in [3.05, 3.63) is 29.2 Å². The van der Waals surface area contributed by atoms with Crippen LogP contribution in [0.15, 0.2) is 12.1 Å². The number of hydrogen-bond donors (Lipinski definition) is 1. The van der Waals surface area contributed by atoms with E-state index in [1.807, 2.05) is 46.8 Å². The predicted octanol–water partition coefficient (Wildman–Crippen LogP) is 4.75. The fraction of sp³-hybridized carbons (Fsp3) is 0.650. The number of halogens is 2. The summed E-state index contributed by atoms with van der Waals surface area (Å²) in [5.74, 6) is -1.49. The van der Waals surface area contributed by atoms with Crippen LogP contribution < -0.4 is 5.32 Å². The Morgan fingerprint density at radius 1 is 1.14 bits per heavy atom. The number of alkyl halides is 2. The van der Waals surface area contributed by atoms with Gasteiger partial charge in [0, 0.05) is 30.6 Å². The minimum absolute atomic E-state index is 0.0306. The van der Waals surface area contributed by atoms with Crippen molar-refractivity contribution in [3.63, 3.8) is 0 Å². The quantitative estimate of drug-likeness (QED) is 0.767. The van der Waals surface area contributed by atoms with Crippen molar-refractivity contribution in [2.24, 2.45) is 0 Å². The highest BCUT2D eigenvalue weighted by Gasteiger charge is 2.35. The maximum atomic E-state index is 13.5.